The molecular weight excluding hydrogens is 360 g/mol. The van der Waals surface area contributed by atoms with Crippen LogP contribution in [0.25, 0.3) is 0 Å². The van der Waals surface area contributed by atoms with Crippen LogP contribution in [-0.4, -0.2) is 30.0 Å². The molecule has 2 aromatic rings. The maximum Gasteiger partial charge on any atom is 0.272 e. The van der Waals surface area contributed by atoms with E-state index in [-0.39, 0.29) is 16.0 Å². The third-order valence-electron chi connectivity index (χ3n) is 2.05. The number of sulfonamides is 1. The molecule has 0 unspecified atom stereocenters. The number of rotatable bonds is 4. The Labute approximate surface area is 121 Å². The fourth-order valence-electron chi connectivity index (χ4n) is 1.20. The predicted octanol–water partition coefficient (Wildman–Crippen LogP) is 1.76. The molecule has 0 fully saturated rings. The van der Waals surface area contributed by atoms with Crippen molar-refractivity contribution in [2.45, 2.75) is 10.9 Å². The van der Waals surface area contributed by atoms with Gasteiger partial charge in [0.25, 0.3) is 10.0 Å². The van der Waals surface area contributed by atoms with Gasteiger partial charge in [0, 0.05) is 28.3 Å². The normalized spacial score (nSPS) is 12.2. The van der Waals surface area contributed by atoms with E-state index in [2.05, 4.69) is 26.1 Å². The van der Waals surface area contributed by atoms with Crippen LogP contribution in [0.5, 0.6) is 0 Å². The van der Waals surface area contributed by atoms with E-state index in [1.54, 1.807) is 0 Å². The fraction of sp³-hybridized carbons (Fsp3) is 0.250. The minimum absolute atomic E-state index is 0.0851. The Morgan fingerprint density at radius 1 is 1.50 bits per heavy atom. The second-order valence-corrected chi connectivity index (χ2v) is 8.54. The largest absolute Gasteiger partial charge is 0.374 e. The summed E-state index contributed by atoms with van der Waals surface area (Å²) in [6, 6.07) is 1.88. The van der Waals surface area contributed by atoms with Gasteiger partial charge >= 0.3 is 0 Å². The van der Waals surface area contributed by atoms with Crippen molar-refractivity contribution in [1.29, 1.82) is 0 Å². The summed E-state index contributed by atoms with van der Waals surface area (Å²) >= 11 is 5.67. The van der Waals surface area contributed by atoms with Crippen molar-refractivity contribution >= 4 is 53.8 Å². The lowest BCUT2D eigenvalue weighted by atomic mass is 10.5. The molecule has 10 heteroatoms. The van der Waals surface area contributed by atoms with Crippen molar-refractivity contribution in [3.8, 4) is 0 Å². The van der Waals surface area contributed by atoms with Crippen LogP contribution in [-0.2, 0) is 16.6 Å². The zero-order valence-corrected chi connectivity index (χ0v) is 13.2. The summed E-state index contributed by atoms with van der Waals surface area (Å²) in [5.74, 6) is 0. The van der Waals surface area contributed by atoms with Crippen LogP contribution in [0.2, 0.25) is 0 Å². The maximum atomic E-state index is 12.1. The molecule has 2 heterocycles. The lowest BCUT2D eigenvalue weighted by molar-refractivity contribution is 0.468. The van der Waals surface area contributed by atoms with Gasteiger partial charge < -0.3 is 5.73 Å². The second-order valence-electron chi connectivity index (χ2n) is 3.40. The smallest absolute Gasteiger partial charge is 0.272 e. The van der Waals surface area contributed by atoms with Crippen LogP contribution >= 0.6 is 38.6 Å². The van der Waals surface area contributed by atoms with Gasteiger partial charge in [0.15, 0.2) is 0 Å². The topological polar surface area (TPSA) is 89.2 Å². The molecule has 0 amide bonds. The molecule has 0 radical (unpaired) electrons. The average Bonchev–Trinajstić information content (AvgIpc) is 2.88. The zero-order chi connectivity index (χ0) is 13.3. The first-order valence-electron chi connectivity index (χ1n) is 4.68. The van der Waals surface area contributed by atoms with Gasteiger partial charge in [-0.05, 0) is 22.0 Å². The third-order valence-corrected chi connectivity index (χ3v) is 6.64. The molecule has 2 N–H and O–H groups in total. The van der Waals surface area contributed by atoms with Crippen molar-refractivity contribution in [2.24, 2.45) is 0 Å². The quantitative estimate of drug-likeness (QED) is 0.887. The standard InChI is InChI=1S/C8H9BrN4O2S3/c1-13(3-6-2-5(9)4-16-6)18(14,15)8-12-11-7(10)17-8/h2,4H,3H2,1H3,(H2,10,11). The number of nitrogen functional groups attached to an aromatic ring is 1. The molecule has 0 saturated heterocycles. The number of halogens is 1. The Balaban J connectivity index is 2.20. The second kappa shape index (κ2) is 5.21. The van der Waals surface area contributed by atoms with E-state index < -0.39 is 10.0 Å². The maximum absolute atomic E-state index is 12.1. The summed E-state index contributed by atoms with van der Waals surface area (Å²) in [5.41, 5.74) is 5.39. The highest BCUT2D eigenvalue weighted by atomic mass is 79.9. The Morgan fingerprint density at radius 2 is 2.22 bits per heavy atom. The van der Waals surface area contributed by atoms with Crippen LogP contribution in [0.15, 0.2) is 20.3 Å². The molecule has 2 rings (SSSR count). The number of aromatic nitrogens is 2. The summed E-state index contributed by atoms with van der Waals surface area (Å²) in [6.07, 6.45) is 0. The predicted molar refractivity (Wildman–Crippen MR) is 75.0 cm³/mol. The lowest BCUT2D eigenvalue weighted by Gasteiger charge is -2.13. The minimum atomic E-state index is -3.62. The van der Waals surface area contributed by atoms with Crippen molar-refractivity contribution < 1.29 is 8.42 Å². The van der Waals surface area contributed by atoms with E-state index in [0.29, 0.717) is 0 Å². The molecule has 18 heavy (non-hydrogen) atoms. The molecule has 0 spiro atoms. The van der Waals surface area contributed by atoms with Crippen molar-refractivity contribution in [3.05, 3.63) is 20.8 Å². The number of anilines is 1. The summed E-state index contributed by atoms with van der Waals surface area (Å²) in [6.45, 7) is 0.290. The number of hydrogen-bond acceptors (Lipinski definition) is 7. The highest BCUT2D eigenvalue weighted by Gasteiger charge is 2.25. The number of nitrogens with zero attached hydrogens (tertiary/aromatic N) is 3. The summed E-state index contributed by atoms with van der Waals surface area (Å²) in [4.78, 5) is 0.936. The molecule has 0 aliphatic heterocycles. The monoisotopic (exact) mass is 368 g/mol. The third kappa shape index (κ3) is 2.88. The highest BCUT2D eigenvalue weighted by Crippen LogP contribution is 2.25. The molecule has 6 nitrogen and oxygen atoms in total. The van der Waals surface area contributed by atoms with Gasteiger partial charge in [-0.1, -0.05) is 11.3 Å². The molecule has 0 aliphatic carbocycles. The van der Waals surface area contributed by atoms with Gasteiger partial charge in [-0.3, -0.25) is 0 Å². The Morgan fingerprint density at radius 3 is 2.72 bits per heavy atom. The Hall–Kier alpha value is -0.550. The summed E-state index contributed by atoms with van der Waals surface area (Å²) < 4.78 is 26.3. The number of thiophene rings is 1. The SMILES string of the molecule is CN(Cc1cc(Br)cs1)S(=O)(=O)c1nnc(N)s1. The van der Waals surface area contributed by atoms with Gasteiger partial charge in [0.2, 0.25) is 9.47 Å². The minimum Gasteiger partial charge on any atom is -0.374 e. The molecule has 0 aromatic carbocycles. The molecule has 98 valence electrons. The van der Waals surface area contributed by atoms with Crippen LogP contribution in [0.4, 0.5) is 5.13 Å². The molecule has 0 aliphatic rings. The fourth-order valence-corrected chi connectivity index (χ4v) is 4.91. The first-order chi connectivity index (χ1) is 8.39. The zero-order valence-electron chi connectivity index (χ0n) is 9.20. The summed E-state index contributed by atoms with van der Waals surface area (Å²) in [5, 5.41) is 9.12. The van der Waals surface area contributed by atoms with Crippen molar-refractivity contribution in [3.63, 3.8) is 0 Å². The Kier molecular flexibility index (Phi) is 4.02. The van der Waals surface area contributed by atoms with E-state index >= 15 is 0 Å². The van der Waals surface area contributed by atoms with Crippen LogP contribution in [0.1, 0.15) is 4.88 Å². The van der Waals surface area contributed by atoms with E-state index in [9.17, 15) is 8.42 Å². The van der Waals surface area contributed by atoms with E-state index in [1.165, 1.54) is 22.7 Å². The summed E-state index contributed by atoms with van der Waals surface area (Å²) in [7, 11) is -2.12. The molecule has 0 saturated carbocycles. The van der Waals surface area contributed by atoms with Crippen LogP contribution in [0, 0.1) is 0 Å². The lowest BCUT2D eigenvalue weighted by Crippen LogP contribution is -2.26. The van der Waals surface area contributed by atoms with E-state index in [4.69, 9.17) is 5.73 Å². The Bertz CT molecular complexity index is 651. The molecular formula is C8H9BrN4O2S3. The first kappa shape index (κ1) is 13.9. The van der Waals surface area contributed by atoms with E-state index in [1.807, 2.05) is 11.4 Å². The van der Waals surface area contributed by atoms with E-state index in [0.717, 1.165) is 20.7 Å². The van der Waals surface area contributed by atoms with Crippen molar-refractivity contribution in [2.75, 3.05) is 12.8 Å². The van der Waals surface area contributed by atoms with Crippen LogP contribution < -0.4 is 5.73 Å². The van der Waals surface area contributed by atoms with Gasteiger partial charge in [0.1, 0.15) is 0 Å². The number of hydrogen-bond donors (Lipinski definition) is 1. The average molecular weight is 369 g/mol. The first-order valence-corrected chi connectivity index (χ1v) is 8.61. The molecule has 0 bridgehead atoms. The van der Waals surface area contributed by atoms with Gasteiger partial charge in [0.05, 0.1) is 0 Å². The van der Waals surface area contributed by atoms with Crippen LogP contribution in [0.3, 0.4) is 0 Å². The number of nitrogens with two attached hydrogens (primary N) is 1. The van der Waals surface area contributed by atoms with Gasteiger partial charge in [-0.15, -0.1) is 21.5 Å². The molecule has 0 atom stereocenters. The highest BCUT2D eigenvalue weighted by molar-refractivity contribution is 9.10. The van der Waals surface area contributed by atoms with Gasteiger partial charge in [-0.2, -0.15) is 4.31 Å². The van der Waals surface area contributed by atoms with Crippen molar-refractivity contribution in [1.82, 2.24) is 14.5 Å². The van der Waals surface area contributed by atoms with Gasteiger partial charge in [-0.25, -0.2) is 8.42 Å². The molecule has 2 aromatic heterocycles.